The lowest BCUT2D eigenvalue weighted by molar-refractivity contribution is -0.116. The summed E-state index contributed by atoms with van der Waals surface area (Å²) in [5.74, 6) is -0.782. The van der Waals surface area contributed by atoms with E-state index >= 15 is 0 Å². The number of hydrogen-bond donors (Lipinski definition) is 2. The average Bonchev–Trinajstić information content (AvgIpc) is 2.92. The Kier molecular flexibility index (Phi) is 5.36. The maximum atomic E-state index is 12.3. The van der Waals surface area contributed by atoms with Gasteiger partial charge in [0.2, 0.25) is 5.91 Å². The van der Waals surface area contributed by atoms with Crippen molar-refractivity contribution in [1.29, 1.82) is 0 Å². The highest BCUT2D eigenvalue weighted by Crippen LogP contribution is 2.33. The molecule has 0 aliphatic heterocycles. The number of aryl methyl sites for hydroxylation is 2. The highest BCUT2D eigenvalue weighted by atomic mass is 32.1. The van der Waals surface area contributed by atoms with Crippen molar-refractivity contribution in [3.63, 3.8) is 0 Å². The fourth-order valence-corrected chi connectivity index (χ4v) is 3.79. The quantitative estimate of drug-likeness (QED) is 0.658. The number of anilines is 1. The topological polar surface area (TPSA) is 101 Å². The Morgan fingerprint density at radius 3 is 2.74 bits per heavy atom. The zero-order valence-electron chi connectivity index (χ0n) is 15.2. The average molecular weight is 385 g/mol. The third kappa shape index (κ3) is 3.90. The van der Waals surface area contributed by atoms with E-state index in [1.54, 1.807) is 12.1 Å². The van der Waals surface area contributed by atoms with E-state index in [1.165, 1.54) is 18.4 Å². The first-order chi connectivity index (χ1) is 12.9. The van der Waals surface area contributed by atoms with Crippen LogP contribution >= 0.6 is 11.3 Å². The summed E-state index contributed by atoms with van der Waals surface area (Å²) in [6.07, 6.45) is 0.272. The van der Waals surface area contributed by atoms with Crippen LogP contribution in [0.1, 0.15) is 32.9 Å². The number of rotatable bonds is 5. The van der Waals surface area contributed by atoms with Crippen LogP contribution in [0, 0.1) is 13.8 Å². The van der Waals surface area contributed by atoms with Gasteiger partial charge in [0.05, 0.1) is 23.7 Å². The van der Waals surface area contributed by atoms with Crippen LogP contribution in [0.3, 0.4) is 0 Å². The first-order valence-corrected chi connectivity index (χ1v) is 9.18. The van der Waals surface area contributed by atoms with Crippen LogP contribution in [0.2, 0.25) is 0 Å². The van der Waals surface area contributed by atoms with Crippen molar-refractivity contribution in [2.75, 3.05) is 12.4 Å². The standard InChI is InChI=1S/C19H19N3O4S/c1-10-11(2)27-18(16(10)19(25)26-3)22-15(23)9-8-14-17(24)21-13-7-5-4-6-12(13)20-14/h4-7H,8-9H2,1-3H3,(H,21,24)(H,22,23). The van der Waals surface area contributed by atoms with Crippen LogP contribution in [0.25, 0.3) is 11.0 Å². The third-order valence-corrected chi connectivity index (χ3v) is 5.41. The second-order valence-electron chi connectivity index (χ2n) is 6.06. The lowest BCUT2D eigenvalue weighted by Gasteiger charge is -2.06. The van der Waals surface area contributed by atoms with E-state index in [9.17, 15) is 14.4 Å². The molecule has 1 aromatic carbocycles. The molecule has 3 rings (SSSR count). The second-order valence-corrected chi connectivity index (χ2v) is 7.28. The lowest BCUT2D eigenvalue weighted by atomic mass is 10.1. The molecule has 0 saturated carbocycles. The van der Waals surface area contributed by atoms with Gasteiger partial charge in [-0.1, -0.05) is 12.1 Å². The van der Waals surface area contributed by atoms with Crippen LogP contribution in [0.5, 0.6) is 0 Å². The monoisotopic (exact) mass is 385 g/mol. The molecule has 0 fully saturated rings. The molecule has 8 heteroatoms. The highest BCUT2D eigenvalue weighted by molar-refractivity contribution is 7.16. The first kappa shape index (κ1) is 18.8. The zero-order valence-corrected chi connectivity index (χ0v) is 16.0. The maximum Gasteiger partial charge on any atom is 0.341 e. The number of carbonyl (C=O) groups excluding carboxylic acids is 2. The Morgan fingerprint density at radius 2 is 2.00 bits per heavy atom. The Morgan fingerprint density at radius 1 is 1.26 bits per heavy atom. The Balaban J connectivity index is 1.74. The zero-order chi connectivity index (χ0) is 19.6. The number of methoxy groups -OCH3 is 1. The van der Waals surface area contributed by atoms with Gasteiger partial charge in [-0.05, 0) is 31.5 Å². The van der Waals surface area contributed by atoms with E-state index in [0.717, 1.165) is 10.4 Å². The number of H-pyrrole nitrogens is 1. The number of nitrogens with zero attached hydrogens (tertiary/aromatic N) is 1. The fourth-order valence-electron chi connectivity index (χ4n) is 2.72. The number of amides is 1. The summed E-state index contributed by atoms with van der Waals surface area (Å²) in [4.78, 5) is 44.5. The molecule has 0 aliphatic carbocycles. The van der Waals surface area contributed by atoms with E-state index in [0.29, 0.717) is 27.3 Å². The number of hydrogen-bond acceptors (Lipinski definition) is 6. The molecule has 27 heavy (non-hydrogen) atoms. The Bertz CT molecular complexity index is 1080. The van der Waals surface area contributed by atoms with Crippen molar-refractivity contribution >= 4 is 39.2 Å². The van der Waals surface area contributed by atoms with Crippen LogP contribution in [-0.2, 0) is 16.0 Å². The van der Waals surface area contributed by atoms with Gasteiger partial charge in [-0.15, -0.1) is 11.3 Å². The van der Waals surface area contributed by atoms with Gasteiger partial charge in [0.1, 0.15) is 10.7 Å². The van der Waals surface area contributed by atoms with Crippen LogP contribution < -0.4 is 10.9 Å². The van der Waals surface area contributed by atoms with Crippen molar-refractivity contribution in [3.05, 3.63) is 56.3 Å². The number of benzene rings is 1. The van der Waals surface area contributed by atoms with Gasteiger partial charge in [0.25, 0.3) is 5.56 Å². The minimum atomic E-state index is -0.486. The molecule has 0 bridgehead atoms. The van der Waals surface area contributed by atoms with Gasteiger partial charge in [-0.3, -0.25) is 9.59 Å². The molecule has 0 radical (unpaired) electrons. The third-order valence-electron chi connectivity index (χ3n) is 4.29. The normalized spacial score (nSPS) is 10.8. The Labute approximate surface area is 159 Å². The van der Waals surface area contributed by atoms with Crippen LogP contribution in [-0.4, -0.2) is 29.0 Å². The van der Waals surface area contributed by atoms with Crippen molar-refractivity contribution in [1.82, 2.24) is 9.97 Å². The molecule has 0 atom stereocenters. The fraction of sp³-hybridized carbons (Fsp3) is 0.263. The molecule has 2 aromatic heterocycles. The summed E-state index contributed by atoms with van der Waals surface area (Å²) in [6, 6.07) is 7.22. The van der Waals surface area contributed by atoms with E-state index in [4.69, 9.17) is 4.74 Å². The molecule has 3 aromatic rings. The Hall–Kier alpha value is -3.00. The van der Waals surface area contributed by atoms with Gasteiger partial charge in [0, 0.05) is 17.7 Å². The molecular formula is C19H19N3O4S. The minimum Gasteiger partial charge on any atom is -0.465 e. The highest BCUT2D eigenvalue weighted by Gasteiger charge is 2.21. The number of aromatic amines is 1. The number of esters is 1. The van der Waals surface area contributed by atoms with E-state index in [-0.39, 0.29) is 24.3 Å². The number of para-hydroxylation sites is 2. The maximum absolute atomic E-state index is 12.3. The van der Waals surface area contributed by atoms with E-state index in [2.05, 4.69) is 15.3 Å². The molecular weight excluding hydrogens is 366 g/mol. The van der Waals surface area contributed by atoms with E-state index in [1.807, 2.05) is 26.0 Å². The van der Waals surface area contributed by atoms with Crippen LogP contribution in [0.4, 0.5) is 5.00 Å². The molecule has 0 aliphatic rings. The molecule has 7 nitrogen and oxygen atoms in total. The number of nitrogens with one attached hydrogen (secondary N) is 2. The van der Waals surface area contributed by atoms with Crippen molar-refractivity contribution in [3.8, 4) is 0 Å². The minimum absolute atomic E-state index is 0.0744. The van der Waals surface area contributed by atoms with Crippen molar-refractivity contribution < 1.29 is 14.3 Å². The molecule has 0 unspecified atom stereocenters. The lowest BCUT2D eigenvalue weighted by Crippen LogP contribution is -2.19. The molecule has 0 saturated heterocycles. The molecule has 1 amide bonds. The van der Waals surface area contributed by atoms with Gasteiger partial charge in [-0.25, -0.2) is 9.78 Å². The molecule has 2 N–H and O–H groups in total. The molecule has 2 heterocycles. The van der Waals surface area contributed by atoms with Gasteiger partial charge >= 0.3 is 5.97 Å². The number of carbonyl (C=O) groups is 2. The van der Waals surface area contributed by atoms with Crippen molar-refractivity contribution in [2.45, 2.75) is 26.7 Å². The number of fused-ring (bicyclic) bond motifs is 1. The largest absolute Gasteiger partial charge is 0.465 e. The number of ether oxygens (including phenoxy) is 1. The number of thiophene rings is 1. The summed E-state index contributed by atoms with van der Waals surface area (Å²) in [5.41, 5.74) is 2.48. The predicted octanol–water partition coefficient (Wildman–Crippen LogP) is 2.96. The summed E-state index contributed by atoms with van der Waals surface area (Å²) in [6.45, 7) is 3.69. The summed E-state index contributed by atoms with van der Waals surface area (Å²) in [5, 5.41) is 3.21. The first-order valence-electron chi connectivity index (χ1n) is 8.36. The molecule has 140 valence electrons. The second kappa shape index (κ2) is 7.71. The van der Waals surface area contributed by atoms with Gasteiger partial charge in [0.15, 0.2) is 0 Å². The SMILES string of the molecule is COC(=O)c1c(NC(=O)CCc2nc3ccccc3[nH]c2=O)sc(C)c1C. The summed E-state index contributed by atoms with van der Waals surface area (Å²) < 4.78 is 4.80. The summed E-state index contributed by atoms with van der Waals surface area (Å²) >= 11 is 1.32. The molecule has 0 spiro atoms. The van der Waals surface area contributed by atoms with Gasteiger partial charge in [-0.2, -0.15) is 0 Å². The van der Waals surface area contributed by atoms with Gasteiger partial charge < -0.3 is 15.0 Å². The predicted molar refractivity (Wildman–Crippen MR) is 104 cm³/mol. The van der Waals surface area contributed by atoms with Crippen LogP contribution in [0.15, 0.2) is 29.1 Å². The van der Waals surface area contributed by atoms with E-state index < -0.39 is 5.97 Å². The summed E-state index contributed by atoms with van der Waals surface area (Å²) in [7, 11) is 1.30. The smallest absolute Gasteiger partial charge is 0.341 e. The number of aromatic nitrogens is 2. The van der Waals surface area contributed by atoms with Crippen molar-refractivity contribution in [2.24, 2.45) is 0 Å².